The van der Waals surface area contributed by atoms with Gasteiger partial charge >= 0.3 is 7.82 Å². The van der Waals surface area contributed by atoms with Gasteiger partial charge in [-0.3, -0.25) is 9.05 Å². The number of hydrogen-bond acceptors (Lipinski definition) is 5. The van der Waals surface area contributed by atoms with Gasteiger partial charge in [0.1, 0.15) is 17.1 Å². The summed E-state index contributed by atoms with van der Waals surface area (Å²) in [4.78, 5) is 0. The maximum Gasteiger partial charge on any atom is 0.530 e. The van der Waals surface area contributed by atoms with Gasteiger partial charge < -0.3 is 9.26 Å². The quantitative estimate of drug-likeness (QED) is 0.222. The summed E-state index contributed by atoms with van der Waals surface area (Å²) in [6.45, 7) is 18.5. The molecule has 3 atom stereocenters. The van der Waals surface area contributed by atoms with E-state index in [2.05, 4.69) is 41.5 Å². The van der Waals surface area contributed by atoms with E-state index in [4.69, 9.17) is 18.3 Å². The van der Waals surface area contributed by atoms with Gasteiger partial charge in [0.25, 0.3) is 0 Å². The topological polar surface area (TPSA) is 54.0 Å². The second-order valence-corrected chi connectivity index (χ2v) is 14.2. The van der Waals surface area contributed by atoms with Crippen molar-refractivity contribution < 1.29 is 22.9 Å². The molecule has 0 aromatic heterocycles. The van der Waals surface area contributed by atoms with E-state index in [1.54, 1.807) is 0 Å². The molecule has 0 aliphatic carbocycles. The van der Waals surface area contributed by atoms with Crippen LogP contribution in [0.2, 0.25) is 0 Å². The molecular formula is C31H53O5P. The van der Waals surface area contributed by atoms with Crippen LogP contribution in [0.15, 0.2) is 0 Å². The zero-order chi connectivity index (χ0) is 27.2. The van der Waals surface area contributed by atoms with Crippen molar-refractivity contribution in [2.75, 3.05) is 13.2 Å². The minimum Gasteiger partial charge on any atom is -0.487 e. The monoisotopic (exact) mass is 536 g/mol. The predicted octanol–water partition coefficient (Wildman–Crippen LogP) is 9.67. The molecule has 6 heteroatoms. The van der Waals surface area contributed by atoms with Crippen molar-refractivity contribution in [3.8, 4) is 11.5 Å². The van der Waals surface area contributed by atoms with Crippen molar-refractivity contribution in [1.29, 1.82) is 0 Å². The molecule has 37 heavy (non-hydrogen) atoms. The molecule has 3 rings (SSSR count). The van der Waals surface area contributed by atoms with Gasteiger partial charge in [-0.05, 0) is 87.8 Å². The Hall–Kier alpha value is -1.03. The van der Waals surface area contributed by atoms with E-state index in [1.807, 2.05) is 13.8 Å². The zero-order valence-corrected chi connectivity index (χ0v) is 25.8. The largest absolute Gasteiger partial charge is 0.530 e. The lowest BCUT2D eigenvalue weighted by Crippen LogP contribution is -2.37. The average molecular weight is 537 g/mol. The molecule has 0 spiro atoms. The normalized spacial score (nSPS) is 22.5. The van der Waals surface area contributed by atoms with Gasteiger partial charge in [-0.2, -0.15) is 0 Å². The van der Waals surface area contributed by atoms with E-state index in [0.29, 0.717) is 19.0 Å². The Morgan fingerprint density at radius 1 is 0.838 bits per heavy atom. The molecule has 1 saturated heterocycles. The fourth-order valence-electron chi connectivity index (χ4n) is 5.90. The summed E-state index contributed by atoms with van der Waals surface area (Å²) in [5, 5.41) is 0. The lowest BCUT2D eigenvalue weighted by molar-refractivity contribution is 0.0512. The first kappa shape index (κ1) is 30.5. The molecule has 1 fully saturated rings. The zero-order valence-electron chi connectivity index (χ0n) is 24.9. The van der Waals surface area contributed by atoms with E-state index in [0.717, 1.165) is 65.0 Å². The standard InChI is InChI=1S/C31H53O5P/c1-22(2)12-9-13-23(3)14-10-15-24(4)16-11-18-31(8)19-17-28-27(7)29(25(5)26(6)30(28)35-31)36-37(32)33-20-21-34-37/h22-24H,9-21H2,1-8H3. The highest BCUT2D eigenvalue weighted by Crippen LogP contribution is 2.55. The van der Waals surface area contributed by atoms with Gasteiger partial charge in [0.2, 0.25) is 0 Å². The first-order valence-electron chi connectivity index (χ1n) is 14.8. The Morgan fingerprint density at radius 2 is 1.41 bits per heavy atom. The highest BCUT2D eigenvalue weighted by molar-refractivity contribution is 7.49. The maximum atomic E-state index is 12.7. The van der Waals surface area contributed by atoms with Crippen LogP contribution in [0.1, 0.15) is 121 Å². The fraction of sp³-hybridized carbons (Fsp3) is 0.806. The summed E-state index contributed by atoms with van der Waals surface area (Å²) in [7, 11) is -3.52. The number of benzene rings is 1. The van der Waals surface area contributed by atoms with Gasteiger partial charge in [0.05, 0.1) is 13.2 Å². The molecule has 0 saturated carbocycles. The highest BCUT2D eigenvalue weighted by Gasteiger charge is 2.38. The van der Waals surface area contributed by atoms with Crippen LogP contribution in [-0.2, 0) is 20.0 Å². The summed E-state index contributed by atoms with van der Waals surface area (Å²) >= 11 is 0. The third-order valence-electron chi connectivity index (χ3n) is 8.62. The minimum atomic E-state index is -3.52. The number of phosphoric ester groups is 1. The number of fused-ring (bicyclic) bond motifs is 1. The molecule has 5 nitrogen and oxygen atoms in total. The summed E-state index contributed by atoms with van der Waals surface area (Å²) < 4.78 is 35.8. The van der Waals surface area contributed by atoms with Crippen LogP contribution in [0.4, 0.5) is 0 Å². The van der Waals surface area contributed by atoms with Crippen LogP contribution in [0.5, 0.6) is 11.5 Å². The molecule has 1 aromatic rings. The highest BCUT2D eigenvalue weighted by atomic mass is 31.2. The smallest absolute Gasteiger partial charge is 0.487 e. The Balaban J connectivity index is 1.49. The van der Waals surface area contributed by atoms with Crippen molar-refractivity contribution in [2.24, 2.45) is 17.8 Å². The summed E-state index contributed by atoms with van der Waals surface area (Å²) in [6, 6.07) is 0. The van der Waals surface area contributed by atoms with Crippen LogP contribution < -0.4 is 9.26 Å². The average Bonchev–Trinajstić information content (AvgIpc) is 3.26. The summed E-state index contributed by atoms with van der Waals surface area (Å²) in [5.41, 5.74) is 4.01. The van der Waals surface area contributed by atoms with Gasteiger partial charge in [0.15, 0.2) is 0 Å². The van der Waals surface area contributed by atoms with Crippen LogP contribution in [-0.4, -0.2) is 18.8 Å². The maximum absolute atomic E-state index is 12.7. The van der Waals surface area contributed by atoms with E-state index in [9.17, 15) is 4.57 Å². The van der Waals surface area contributed by atoms with Crippen LogP contribution in [0.25, 0.3) is 0 Å². The Morgan fingerprint density at radius 3 is 2.00 bits per heavy atom. The molecule has 2 aliphatic heterocycles. The van der Waals surface area contributed by atoms with Gasteiger partial charge in [-0.15, -0.1) is 0 Å². The molecule has 2 heterocycles. The van der Waals surface area contributed by atoms with Crippen molar-refractivity contribution in [3.63, 3.8) is 0 Å². The van der Waals surface area contributed by atoms with Gasteiger partial charge in [-0.25, -0.2) is 4.57 Å². The van der Waals surface area contributed by atoms with Crippen molar-refractivity contribution in [2.45, 2.75) is 132 Å². The summed E-state index contributed by atoms with van der Waals surface area (Å²) in [5.74, 6) is 4.08. The molecule has 0 radical (unpaired) electrons. The first-order chi connectivity index (χ1) is 17.4. The lowest BCUT2D eigenvalue weighted by Gasteiger charge is -2.38. The number of hydrogen-bond donors (Lipinski definition) is 0. The minimum absolute atomic E-state index is 0.145. The molecule has 0 amide bonds. The van der Waals surface area contributed by atoms with Crippen LogP contribution in [0, 0.1) is 38.5 Å². The summed E-state index contributed by atoms with van der Waals surface area (Å²) in [6.07, 6.45) is 13.7. The van der Waals surface area contributed by atoms with E-state index < -0.39 is 7.82 Å². The molecule has 2 aliphatic rings. The first-order valence-corrected chi connectivity index (χ1v) is 16.3. The van der Waals surface area contributed by atoms with E-state index >= 15 is 0 Å². The molecule has 0 N–H and O–H groups in total. The molecule has 0 bridgehead atoms. The van der Waals surface area contributed by atoms with Crippen molar-refractivity contribution in [1.82, 2.24) is 0 Å². The van der Waals surface area contributed by atoms with Crippen LogP contribution in [0.3, 0.4) is 0 Å². The Bertz CT molecular complexity index is 932. The van der Waals surface area contributed by atoms with Gasteiger partial charge in [-0.1, -0.05) is 72.6 Å². The van der Waals surface area contributed by atoms with E-state index in [-0.39, 0.29) is 5.60 Å². The van der Waals surface area contributed by atoms with Gasteiger partial charge in [0, 0.05) is 5.56 Å². The third kappa shape index (κ3) is 8.48. The number of phosphoric acid groups is 1. The lowest BCUT2D eigenvalue weighted by atomic mass is 9.84. The second kappa shape index (κ2) is 13.4. The Labute approximate surface area is 227 Å². The SMILES string of the molecule is Cc1c(C)c2c(c(C)c1OP1(=O)OCCO1)CCC(C)(CCCC(C)CCCC(C)CCCC(C)C)O2. The fourth-order valence-corrected chi connectivity index (χ4v) is 7.17. The van der Waals surface area contributed by atoms with Crippen molar-refractivity contribution in [3.05, 3.63) is 22.3 Å². The molecular weight excluding hydrogens is 483 g/mol. The molecule has 1 aromatic carbocycles. The third-order valence-corrected chi connectivity index (χ3v) is 10.0. The molecule has 3 unspecified atom stereocenters. The van der Waals surface area contributed by atoms with Crippen LogP contribution >= 0.6 is 7.82 Å². The number of rotatable bonds is 14. The Kier molecular flexibility index (Phi) is 11.0. The second-order valence-electron chi connectivity index (χ2n) is 12.6. The van der Waals surface area contributed by atoms with E-state index in [1.165, 1.54) is 51.4 Å². The molecule has 212 valence electrons. The predicted molar refractivity (Wildman–Crippen MR) is 153 cm³/mol. The van der Waals surface area contributed by atoms with Crippen molar-refractivity contribution >= 4 is 7.82 Å². The number of ether oxygens (including phenoxy) is 1.